The average molecular weight is 523 g/mol. The van der Waals surface area contributed by atoms with Crippen molar-refractivity contribution in [2.75, 3.05) is 6.61 Å². The zero-order valence-corrected chi connectivity index (χ0v) is 24.0. The first kappa shape index (κ1) is 32.5. The van der Waals surface area contributed by atoms with Crippen LogP contribution in [0.4, 0.5) is 0 Å². The molecule has 0 radical (unpaired) electrons. The first-order valence-corrected chi connectivity index (χ1v) is 15.0. The topological polar surface area (TPSA) is 52.6 Å². The number of carbonyl (C=O) groups excluding carboxylic acids is 2. The van der Waals surface area contributed by atoms with Crippen LogP contribution in [0.2, 0.25) is 5.02 Å². The van der Waals surface area contributed by atoms with Gasteiger partial charge in [-0.2, -0.15) is 0 Å². The molecule has 0 unspecified atom stereocenters. The minimum absolute atomic E-state index is 0.341. The summed E-state index contributed by atoms with van der Waals surface area (Å²) < 4.78 is 11.0. The predicted octanol–water partition coefficient (Wildman–Crippen LogP) is 9.86. The molecule has 1 aromatic carbocycles. The molecule has 1 rings (SSSR count). The summed E-state index contributed by atoms with van der Waals surface area (Å²) in [4.78, 5) is 25.7. The fraction of sp³-hybridized carbons (Fsp3) is 0.742. The van der Waals surface area contributed by atoms with Crippen LogP contribution in [0.5, 0.6) is 5.75 Å². The van der Waals surface area contributed by atoms with E-state index in [1.54, 1.807) is 24.3 Å². The van der Waals surface area contributed by atoms with E-state index in [9.17, 15) is 9.59 Å². The summed E-state index contributed by atoms with van der Waals surface area (Å²) in [7, 11) is 0. The predicted molar refractivity (Wildman–Crippen MR) is 151 cm³/mol. The minimum Gasteiger partial charge on any atom is -0.465 e. The standard InChI is InChI=1S/C31H51ClO4/c1-4-7-8-9-10-11-12-13-14-15-16-17-18-19-20-21-26-35-29(33)31(5-2,6-3)30(34)36-28-24-22-27(32)23-25-28/h22-25H,4-21,26H2,1-3H3. The first-order chi connectivity index (χ1) is 17.5. The molecule has 0 spiro atoms. The molecule has 0 heterocycles. The molecule has 0 aromatic heterocycles. The van der Waals surface area contributed by atoms with E-state index in [0.717, 1.165) is 12.8 Å². The van der Waals surface area contributed by atoms with Gasteiger partial charge in [0.25, 0.3) is 0 Å². The minimum atomic E-state index is -1.27. The lowest BCUT2D eigenvalue weighted by molar-refractivity contribution is -0.168. The third-order valence-electron chi connectivity index (χ3n) is 7.24. The quantitative estimate of drug-likeness (QED) is 0.0657. The third kappa shape index (κ3) is 13.1. The SMILES string of the molecule is CCCCCCCCCCCCCCCCCCOC(=O)C(CC)(CC)C(=O)Oc1ccc(Cl)cc1. The number of ether oxygens (including phenoxy) is 2. The maximum absolute atomic E-state index is 12.8. The van der Waals surface area contributed by atoms with E-state index in [0.29, 0.717) is 30.2 Å². The van der Waals surface area contributed by atoms with Crippen LogP contribution < -0.4 is 4.74 Å². The number of halogens is 1. The van der Waals surface area contributed by atoms with Crippen LogP contribution in [0.15, 0.2) is 24.3 Å². The Morgan fingerprint density at radius 2 is 1.06 bits per heavy atom. The van der Waals surface area contributed by atoms with Crippen LogP contribution in [0.3, 0.4) is 0 Å². The molecule has 0 amide bonds. The average Bonchev–Trinajstić information content (AvgIpc) is 2.88. The van der Waals surface area contributed by atoms with E-state index in [4.69, 9.17) is 21.1 Å². The van der Waals surface area contributed by atoms with Crippen molar-refractivity contribution >= 4 is 23.5 Å². The summed E-state index contributed by atoms with van der Waals surface area (Å²) >= 11 is 5.89. The van der Waals surface area contributed by atoms with Crippen LogP contribution in [0, 0.1) is 5.41 Å². The maximum atomic E-state index is 12.8. The fourth-order valence-electron chi connectivity index (χ4n) is 4.57. The van der Waals surface area contributed by atoms with E-state index in [-0.39, 0.29) is 0 Å². The highest BCUT2D eigenvalue weighted by Gasteiger charge is 2.46. The Balaban J connectivity index is 2.11. The van der Waals surface area contributed by atoms with Crippen LogP contribution in [0.25, 0.3) is 0 Å². The molecule has 0 aliphatic carbocycles. The van der Waals surface area contributed by atoms with Gasteiger partial charge in [-0.1, -0.05) is 129 Å². The van der Waals surface area contributed by atoms with Crippen molar-refractivity contribution in [3.63, 3.8) is 0 Å². The summed E-state index contributed by atoms with van der Waals surface area (Å²) in [5, 5.41) is 0.560. The highest BCUT2D eigenvalue weighted by atomic mass is 35.5. The summed E-state index contributed by atoms with van der Waals surface area (Å²) in [5.41, 5.74) is -1.27. The monoisotopic (exact) mass is 522 g/mol. The molecule has 0 saturated heterocycles. The van der Waals surface area contributed by atoms with E-state index in [2.05, 4.69) is 6.92 Å². The van der Waals surface area contributed by atoms with Crippen molar-refractivity contribution in [1.29, 1.82) is 0 Å². The van der Waals surface area contributed by atoms with Crippen molar-refractivity contribution in [2.45, 2.75) is 136 Å². The Morgan fingerprint density at radius 1 is 0.639 bits per heavy atom. The second-order valence-corrected chi connectivity index (χ2v) is 10.5. The van der Waals surface area contributed by atoms with E-state index < -0.39 is 17.4 Å². The molecule has 36 heavy (non-hydrogen) atoms. The number of hydrogen-bond acceptors (Lipinski definition) is 4. The van der Waals surface area contributed by atoms with E-state index in [1.807, 2.05) is 13.8 Å². The highest BCUT2D eigenvalue weighted by Crippen LogP contribution is 2.31. The van der Waals surface area contributed by atoms with E-state index in [1.165, 1.54) is 89.9 Å². The van der Waals surface area contributed by atoms with Gasteiger partial charge in [-0.25, -0.2) is 0 Å². The number of hydrogen-bond donors (Lipinski definition) is 0. The van der Waals surface area contributed by atoms with Crippen molar-refractivity contribution in [1.82, 2.24) is 0 Å². The van der Waals surface area contributed by atoms with Crippen LogP contribution in [-0.2, 0) is 14.3 Å². The smallest absolute Gasteiger partial charge is 0.328 e. The highest BCUT2D eigenvalue weighted by molar-refractivity contribution is 6.30. The van der Waals surface area contributed by atoms with Crippen LogP contribution in [-0.4, -0.2) is 18.5 Å². The van der Waals surface area contributed by atoms with Gasteiger partial charge in [0.2, 0.25) is 0 Å². The first-order valence-electron chi connectivity index (χ1n) is 14.6. The third-order valence-corrected chi connectivity index (χ3v) is 7.50. The van der Waals surface area contributed by atoms with Crippen molar-refractivity contribution in [3.05, 3.63) is 29.3 Å². The Kier molecular flexibility index (Phi) is 18.5. The zero-order chi connectivity index (χ0) is 26.5. The van der Waals surface area contributed by atoms with Gasteiger partial charge in [0.05, 0.1) is 6.61 Å². The number of benzene rings is 1. The lowest BCUT2D eigenvalue weighted by Gasteiger charge is -2.26. The number of unbranched alkanes of at least 4 members (excludes halogenated alkanes) is 15. The zero-order valence-electron chi connectivity index (χ0n) is 23.3. The van der Waals surface area contributed by atoms with Crippen LogP contribution in [0.1, 0.15) is 136 Å². The van der Waals surface area contributed by atoms with Crippen molar-refractivity contribution in [2.24, 2.45) is 5.41 Å². The normalized spacial score (nSPS) is 11.4. The molecule has 1 aromatic rings. The molecule has 0 N–H and O–H groups in total. The summed E-state index contributed by atoms with van der Waals surface area (Å²) in [5.74, 6) is -0.666. The van der Waals surface area contributed by atoms with Gasteiger partial charge >= 0.3 is 11.9 Å². The molecule has 0 saturated carbocycles. The number of esters is 2. The molecule has 0 bridgehead atoms. The van der Waals surface area contributed by atoms with Gasteiger partial charge in [-0.05, 0) is 43.5 Å². The largest absolute Gasteiger partial charge is 0.465 e. The van der Waals surface area contributed by atoms with E-state index >= 15 is 0 Å². The second kappa shape index (κ2) is 20.5. The van der Waals surface area contributed by atoms with Gasteiger partial charge in [-0.3, -0.25) is 9.59 Å². The molecule has 0 aliphatic rings. The Bertz CT molecular complexity index is 697. The maximum Gasteiger partial charge on any atom is 0.328 e. The van der Waals surface area contributed by atoms with Gasteiger partial charge in [-0.15, -0.1) is 0 Å². The van der Waals surface area contributed by atoms with Gasteiger partial charge in [0.15, 0.2) is 5.41 Å². The van der Waals surface area contributed by atoms with Gasteiger partial charge in [0.1, 0.15) is 5.75 Å². The molecule has 5 heteroatoms. The Hall–Kier alpha value is -1.55. The molecule has 0 atom stereocenters. The number of carbonyl (C=O) groups is 2. The van der Waals surface area contributed by atoms with Gasteiger partial charge in [0, 0.05) is 5.02 Å². The second-order valence-electron chi connectivity index (χ2n) is 10.1. The van der Waals surface area contributed by atoms with Gasteiger partial charge < -0.3 is 9.47 Å². The molecule has 0 aliphatic heterocycles. The summed E-state index contributed by atoms with van der Waals surface area (Å²) in [6.07, 6.45) is 21.5. The molecule has 4 nitrogen and oxygen atoms in total. The molecular weight excluding hydrogens is 472 g/mol. The Morgan fingerprint density at radius 3 is 1.47 bits per heavy atom. The number of rotatable bonds is 22. The molecule has 0 fully saturated rings. The lowest BCUT2D eigenvalue weighted by Crippen LogP contribution is -2.42. The summed E-state index contributed by atoms with van der Waals surface area (Å²) in [6, 6.07) is 6.55. The fourth-order valence-corrected chi connectivity index (χ4v) is 4.70. The summed E-state index contributed by atoms with van der Waals surface area (Å²) in [6.45, 7) is 6.27. The molecular formula is C31H51ClO4. The van der Waals surface area contributed by atoms with Crippen molar-refractivity contribution < 1.29 is 19.1 Å². The lowest BCUT2D eigenvalue weighted by atomic mass is 9.82. The van der Waals surface area contributed by atoms with Crippen LogP contribution >= 0.6 is 11.6 Å². The Labute approximate surface area is 225 Å². The molecule has 206 valence electrons. The van der Waals surface area contributed by atoms with Crippen molar-refractivity contribution in [3.8, 4) is 5.75 Å².